The van der Waals surface area contributed by atoms with Crippen LogP contribution >= 0.6 is 11.3 Å². The Morgan fingerprint density at radius 3 is 2.89 bits per heavy atom. The molecule has 0 radical (unpaired) electrons. The Morgan fingerprint density at radius 2 is 2.14 bits per heavy atom. The fraction of sp³-hybridized carbons (Fsp3) is 0.450. The fourth-order valence-electron chi connectivity index (χ4n) is 4.70. The first-order valence-corrected chi connectivity index (χ1v) is 10.4. The molecule has 5 rings (SSSR count). The van der Waals surface area contributed by atoms with Crippen molar-refractivity contribution < 1.29 is 14.6 Å². The number of anilines is 1. The Labute approximate surface area is 166 Å². The number of piperidine rings is 1. The molecule has 8 heteroatoms. The summed E-state index contributed by atoms with van der Waals surface area (Å²) in [6.45, 7) is 4.15. The smallest absolute Gasteiger partial charge is 0.339 e. The van der Waals surface area contributed by atoms with Gasteiger partial charge in [0.15, 0.2) is 5.65 Å². The lowest BCUT2D eigenvalue weighted by Gasteiger charge is -2.44. The number of carboxylic acids is 1. The van der Waals surface area contributed by atoms with Crippen LogP contribution in [0.5, 0.6) is 0 Å². The van der Waals surface area contributed by atoms with E-state index in [9.17, 15) is 9.90 Å². The lowest BCUT2D eigenvalue weighted by Crippen LogP contribution is -2.46. The summed E-state index contributed by atoms with van der Waals surface area (Å²) in [4.78, 5) is 19.8. The molecule has 1 saturated heterocycles. The Morgan fingerprint density at radius 1 is 1.36 bits per heavy atom. The summed E-state index contributed by atoms with van der Waals surface area (Å²) in [7, 11) is 1.84. The van der Waals surface area contributed by atoms with E-state index >= 15 is 0 Å². The maximum atomic E-state index is 11.9. The molecule has 28 heavy (non-hydrogen) atoms. The predicted octanol–water partition coefficient (Wildman–Crippen LogP) is 3.10. The highest BCUT2D eigenvalue weighted by Gasteiger charge is 2.42. The average Bonchev–Trinajstić information content (AvgIpc) is 3.28. The van der Waals surface area contributed by atoms with Gasteiger partial charge in [-0.1, -0.05) is 0 Å². The molecule has 1 fully saturated rings. The Hall–Kier alpha value is -2.45. The zero-order chi connectivity index (χ0) is 19.5. The largest absolute Gasteiger partial charge is 0.478 e. The molecule has 3 aromatic heterocycles. The second-order valence-electron chi connectivity index (χ2n) is 7.59. The molecular formula is C20H22N4O3S. The first kappa shape index (κ1) is 17.6. The minimum absolute atomic E-state index is 0.224. The number of hydrogen-bond donors (Lipinski definition) is 1. The number of thiophene rings is 1. The topological polar surface area (TPSA) is 80.5 Å². The number of rotatable bonds is 2. The molecule has 2 aliphatic heterocycles. The van der Waals surface area contributed by atoms with Crippen LogP contribution in [0.1, 0.15) is 39.3 Å². The van der Waals surface area contributed by atoms with Crippen LogP contribution < -0.4 is 4.90 Å². The molecule has 3 aromatic rings. The summed E-state index contributed by atoms with van der Waals surface area (Å²) in [6.07, 6.45) is 4.14. The van der Waals surface area contributed by atoms with Crippen LogP contribution in [-0.2, 0) is 23.8 Å². The number of aromatic nitrogens is 3. The quantitative estimate of drug-likeness (QED) is 0.714. The zero-order valence-electron chi connectivity index (χ0n) is 15.9. The van der Waals surface area contributed by atoms with Gasteiger partial charge in [0.1, 0.15) is 11.2 Å². The Kier molecular flexibility index (Phi) is 3.96. The summed E-state index contributed by atoms with van der Waals surface area (Å²) >= 11 is 1.78. The third kappa shape index (κ3) is 2.48. The van der Waals surface area contributed by atoms with Gasteiger partial charge < -0.3 is 14.7 Å². The number of carbonyl (C=O) groups is 1. The standard InChI is InChI=1S/C20H22N4O3S/c1-12-15-16(14(19(25)26)11-21-18(15)23(2)22-12)24-7-5-20(6-8-24)17-13(3-9-27-20)4-10-28-17/h4,10-11H,3,5-9H2,1-2H3,(H,25,26). The highest BCUT2D eigenvalue weighted by molar-refractivity contribution is 7.10. The molecule has 146 valence electrons. The first-order valence-electron chi connectivity index (χ1n) is 9.51. The lowest BCUT2D eigenvalue weighted by atomic mass is 9.85. The molecule has 7 nitrogen and oxygen atoms in total. The normalized spacial score (nSPS) is 18.6. The highest BCUT2D eigenvalue weighted by Crippen LogP contribution is 2.45. The Bertz CT molecular complexity index is 1080. The molecule has 0 unspecified atom stereocenters. The molecule has 1 N–H and O–H groups in total. The van der Waals surface area contributed by atoms with Crippen molar-refractivity contribution in [2.75, 3.05) is 24.6 Å². The number of aromatic carboxylic acids is 1. The summed E-state index contributed by atoms with van der Waals surface area (Å²) in [5.41, 5.74) is 3.68. The zero-order valence-corrected chi connectivity index (χ0v) is 16.8. The van der Waals surface area contributed by atoms with E-state index in [2.05, 4.69) is 26.4 Å². The minimum atomic E-state index is -0.956. The van der Waals surface area contributed by atoms with E-state index in [1.54, 1.807) is 16.0 Å². The van der Waals surface area contributed by atoms with Crippen LogP contribution in [0.4, 0.5) is 5.69 Å². The fourth-order valence-corrected chi connectivity index (χ4v) is 5.86. The van der Waals surface area contributed by atoms with E-state index in [4.69, 9.17) is 4.74 Å². The molecule has 1 spiro atoms. The number of nitrogens with zero attached hydrogens (tertiary/aromatic N) is 4. The van der Waals surface area contributed by atoms with Crippen molar-refractivity contribution in [3.63, 3.8) is 0 Å². The van der Waals surface area contributed by atoms with Gasteiger partial charge in [-0.3, -0.25) is 4.68 Å². The van der Waals surface area contributed by atoms with E-state index in [-0.39, 0.29) is 11.2 Å². The van der Waals surface area contributed by atoms with Crippen LogP contribution in [0.15, 0.2) is 17.6 Å². The van der Waals surface area contributed by atoms with Gasteiger partial charge in [0.2, 0.25) is 0 Å². The molecular weight excluding hydrogens is 376 g/mol. The minimum Gasteiger partial charge on any atom is -0.478 e. The van der Waals surface area contributed by atoms with E-state index in [1.165, 1.54) is 16.6 Å². The maximum absolute atomic E-state index is 11.9. The second-order valence-corrected chi connectivity index (χ2v) is 8.50. The van der Waals surface area contributed by atoms with Crippen molar-refractivity contribution in [3.05, 3.63) is 39.3 Å². The molecule has 2 aliphatic rings. The summed E-state index contributed by atoms with van der Waals surface area (Å²) in [5.74, 6) is -0.956. The number of pyridine rings is 1. The third-order valence-electron chi connectivity index (χ3n) is 6.03. The number of carboxylic acid groups (broad SMARTS) is 1. The van der Waals surface area contributed by atoms with Crippen molar-refractivity contribution in [3.8, 4) is 0 Å². The lowest BCUT2D eigenvalue weighted by molar-refractivity contribution is -0.0734. The van der Waals surface area contributed by atoms with Crippen LogP contribution in [0.2, 0.25) is 0 Å². The van der Waals surface area contributed by atoms with Gasteiger partial charge >= 0.3 is 5.97 Å². The average molecular weight is 398 g/mol. The van der Waals surface area contributed by atoms with Crippen LogP contribution in [0, 0.1) is 6.92 Å². The molecule has 0 saturated carbocycles. The second kappa shape index (κ2) is 6.28. The van der Waals surface area contributed by atoms with E-state index in [0.29, 0.717) is 5.65 Å². The maximum Gasteiger partial charge on any atom is 0.339 e. The van der Waals surface area contributed by atoms with E-state index in [1.807, 2.05) is 14.0 Å². The van der Waals surface area contributed by atoms with Crippen LogP contribution in [0.3, 0.4) is 0 Å². The molecule has 0 bridgehead atoms. The number of hydrogen-bond acceptors (Lipinski definition) is 6. The highest BCUT2D eigenvalue weighted by atomic mass is 32.1. The van der Waals surface area contributed by atoms with Gasteiger partial charge in [-0.05, 0) is 43.2 Å². The van der Waals surface area contributed by atoms with Crippen LogP contribution in [-0.4, -0.2) is 45.5 Å². The van der Waals surface area contributed by atoms with Crippen molar-refractivity contribution in [2.45, 2.75) is 31.8 Å². The number of aryl methyl sites for hydroxylation is 2. The summed E-state index contributed by atoms with van der Waals surface area (Å²) in [5, 5.41) is 17.2. The SMILES string of the molecule is Cc1nn(C)c2ncc(C(=O)O)c(N3CCC4(CC3)OCCc3ccsc34)c12. The van der Waals surface area contributed by atoms with Gasteiger partial charge in [-0.15, -0.1) is 11.3 Å². The number of ether oxygens (including phenoxy) is 1. The van der Waals surface area contributed by atoms with Gasteiger partial charge in [-0.2, -0.15) is 5.10 Å². The number of fused-ring (bicyclic) bond motifs is 3. The van der Waals surface area contributed by atoms with Crippen molar-refractivity contribution in [1.29, 1.82) is 0 Å². The van der Waals surface area contributed by atoms with E-state index < -0.39 is 5.97 Å². The monoisotopic (exact) mass is 398 g/mol. The Balaban J connectivity index is 1.55. The molecule has 5 heterocycles. The molecule has 0 atom stereocenters. The van der Waals surface area contributed by atoms with Crippen molar-refractivity contribution in [1.82, 2.24) is 14.8 Å². The molecule has 0 amide bonds. The predicted molar refractivity (Wildman–Crippen MR) is 107 cm³/mol. The third-order valence-corrected chi connectivity index (χ3v) is 7.17. The van der Waals surface area contributed by atoms with Crippen LogP contribution in [0.25, 0.3) is 11.0 Å². The van der Waals surface area contributed by atoms with E-state index in [0.717, 1.165) is 55.7 Å². The summed E-state index contributed by atoms with van der Waals surface area (Å²) < 4.78 is 8.02. The summed E-state index contributed by atoms with van der Waals surface area (Å²) in [6, 6.07) is 2.21. The molecule has 0 aromatic carbocycles. The van der Waals surface area contributed by atoms with Crippen molar-refractivity contribution in [2.24, 2.45) is 7.05 Å². The molecule has 0 aliphatic carbocycles. The van der Waals surface area contributed by atoms with Gasteiger partial charge in [-0.25, -0.2) is 9.78 Å². The first-order chi connectivity index (χ1) is 13.5. The van der Waals surface area contributed by atoms with Gasteiger partial charge in [0.25, 0.3) is 0 Å². The van der Waals surface area contributed by atoms with Crippen molar-refractivity contribution >= 4 is 34.0 Å². The van der Waals surface area contributed by atoms with Gasteiger partial charge in [0, 0.05) is 31.2 Å². The van der Waals surface area contributed by atoms with Gasteiger partial charge in [0.05, 0.1) is 23.4 Å².